The molecule has 23 heavy (non-hydrogen) atoms. The van der Waals surface area contributed by atoms with Gasteiger partial charge in [0.15, 0.2) is 0 Å². The molecule has 0 spiro atoms. The van der Waals surface area contributed by atoms with Crippen molar-refractivity contribution in [3.63, 3.8) is 0 Å². The first-order valence-electron chi connectivity index (χ1n) is 7.86. The molecule has 2 heterocycles. The second-order valence-electron chi connectivity index (χ2n) is 6.00. The number of carbonyl (C=O) groups excluding carboxylic acids is 1. The zero-order valence-corrected chi connectivity index (χ0v) is 13.6. The van der Waals surface area contributed by atoms with Crippen molar-refractivity contribution in [2.45, 2.75) is 12.8 Å². The molecule has 1 saturated heterocycles. The van der Waals surface area contributed by atoms with E-state index in [0.717, 1.165) is 36.3 Å². The maximum absolute atomic E-state index is 12.3. The van der Waals surface area contributed by atoms with Gasteiger partial charge in [0.1, 0.15) is 12.4 Å². The van der Waals surface area contributed by atoms with E-state index in [4.69, 9.17) is 16.3 Å². The number of amides is 1. The third-order valence-corrected chi connectivity index (χ3v) is 4.47. The number of hydrogen-bond acceptors (Lipinski definition) is 3. The Morgan fingerprint density at radius 1 is 1.48 bits per heavy atom. The highest BCUT2D eigenvalue weighted by Gasteiger charge is 2.21. The smallest absolute Gasteiger partial charge is 0.246 e. The summed E-state index contributed by atoms with van der Waals surface area (Å²) < 4.78 is 5.67. The van der Waals surface area contributed by atoms with Crippen LogP contribution in [-0.2, 0) is 4.79 Å². The number of benzene rings is 1. The van der Waals surface area contributed by atoms with Crippen molar-refractivity contribution < 1.29 is 14.6 Å². The zero-order valence-electron chi connectivity index (χ0n) is 12.9. The summed E-state index contributed by atoms with van der Waals surface area (Å²) in [5, 5.41) is 9.91. The highest BCUT2D eigenvalue weighted by atomic mass is 35.5. The van der Waals surface area contributed by atoms with Crippen molar-refractivity contribution in [2.24, 2.45) is 5.92 Å². The van der Waals surface area contributed by atoms with Crippen LogP contribution < -0.4 is 4.74 Å². The van der Waals surface area contributed by atoms with Crippen molar-refractivity contribution in [2.75, 3.05) is 26.3 Å². The second-order valence-corrected chi connectivity index (χ2v) is 6.43. The lowest BCUT2D eigenvalue weighted by Gasteiger charge is -2.31. The van der Waals surface area contributed by atoms with Gasteiger partial charge in [-0.05, 0) is 48.6 Å². The number of nitrogens with zero attached hydrogens (tertiary/aromatic N) is 1. The first-order valence-corrected chi connectivity index (χ1v) is 8.24. The summed E-state index contributed by atoms with van der Waals surface area (Å²) in [6.45, 7) is 1.98. The molecule has 1 fully saturated rings. The van der Waals surface area contributed by atoms with Gasteiger partial charge in [0.25, 0.3) is 0 Å². The average molecular weight is 334 g/mol. The highest BCUT2D eigenvalue weighted by molar-refractivity contribution is 6.30. The largest absolute Gasteiger partial charge is 0.488 e. The Labute approximate surface area is 141 Å². The van der Waals surface area contributed by atoms with Crippen molar-refractivity contribution in [1.82, 2.24) is 4.90 Å². The molecule has 1 unspecified atom stereocenters. The Morgan fingerprint density at radius 2 is 2.35 bits per heavy atom. The third kappa shape index (κ3) is 3.95. The summed E-state index contributed by atoms with van der Waals surface area (Å²) in [5.41, 5.74) is 1.86. The van der Waals surface area contributed by atoms with Gasteiger partial charge in [-0.25, -0.2) is 0 Å². The van der Waals surface area contributed by atoms with Crippen molar-refractivity contribution in [3.05, 3.63) is 46.5 Å². The molecule has 0 aliphatic carbocycles. The molecule has 1 N–H and O–H groups in total. The van der Waals surface area contributed by atoms with E-state index < -0.39 is 0 Å². The molecule has 1 aromatic carbocycles. The van der Waals surface area contributed by atoms with Crippen LogP contribution in [0.4, 0.5) is 0 Å². The molecule has 1 atom stereocenters. The summed E-state index contributed by atoms with van der Waals surface area (Å²) in [6.07, 6.45) is 7.31. The molecule has 0 saturated carbocycles. The number of likely N-dealkylation sites (tertiary alicyclic amines) is 1. The number of aliphatic hydroxyl groups is 1. The molecule has 0 radical (unpaired) electrons. The maximum atomic E-state index is 12.3. The van der Waals surface area contributed by atoms with E-state index in [1.54, 1.807) is 23.1 Å². The first kappa shape index (κ1) is 16.1. The fourth-order valence-corrected chi connectivity index (χ4v) is 3.14. The normalized spacial score (nSPS) is 20.9. The van der Waals surface area contributed by atoms with Crippen LogP contribution in [0.1, 0.15) is 18.4 Å². The fraction of sp³-hybridized carbons (Fsp3) is 0.389. The van der Waals surface area contributed by atoms with E-state index in [0.29, 0.717) is 18.2 Å². The molecule has 4 nitrogen and oxygen atoms in total. The van der Waals surface area contributed by atoms with Gasteiger partial charge in [0.2, 0.25) is 5.91 Å². The number of ether oxygens (including phenoxy) is 1. The topological polar surface area (TPSA) is 49.8 Å². The van der Waals surface area contributed by atoms with Crippen molar-refractivity contribution >= 4 is 23.6 Å². The average Bonchev–Trinajstić information content (AvgIpc) is 2.59. The van der Waals surface area contributed by atoms with Gasteiger partial charge in [-0.2, -0.15) is 0 Å². The van der Waals surface area contributed by atoms with E-state index in [-0.39, 0.29) is 18.4 Å². The van der Waals surface area contributed by atoms with Crippen molar-refractivity contribution in [1.29, 1.82) is 0 Å². The van der Waals surface area contributed by atoms with Crippen LogP contribution in [0.5, 0.6) is 5.75 Å². The maximum Gasteiger partial charge on any atom is 0.246 e. The summed E-state index contributed by atoms with van der Waals surface area (Å²) in [7, 11) is 0. The number of carbonyl (C=O) groups is 1. The molecular formula is C18H20ClNO3. The Morgan fingerprint density at radius 3 is 3.17 bits per heavy atom. The summed E-state index contributed by atoms with van der Waals surface area (Å²) in [6, 6.07) is 5.50. The van der Waals surface area contributed by atoms with Crippen LogP contribution in [0.15, 0.2) is 35.9 Å². The van der Waals surface area contributed by atoms with Crippen LogP contribution in [0.3, 0.4) is 0 Å². The Bertz CT molecular complexity index is 654. The minimum atomic E-state index is -0.0130. The van der Waals surface area contributed by atoms with Crippen LogP contribution in [0.2, 0.25) is 5.02 Å². The van der Waals surface area contributed by atoms with Crippen LogP contribution in [-0.4, -0.2) is 42.2 Å². The van der Waals surface area contributed by atoms with Gasteiger partial charge in [-0.3, -0.25) is 4.79 Å². The van der Waals surface area contributed by atoms with Gasteiger partial charge in [0.05, 0.1) is 0 Å². The summed E-state index contributed by atoms with van der Waals surface area (Å²) in [5.74, 6) is 0.994. The predicted octanol–water partition coefficient (Wildman–Crippen LogP) is 2.90. The molecule has 2 aliphatic heterocycles. The standard InChI is InChI=1S/C18H20ClNO3/c19-16-4-5-17-15(9-16)8-13(12-23-17)3-6-18(22)20-7-1-2-14(10-20)11-21/h3-6,8-9,14,21H,1-2,7,10-12H2/b6-3+. The zero-order chi connectivity index (χ0) is 16.2. The molecule has 1 amide bonds. The molecule has 1 aromatic rings. The monoisotopic (exact) mass is 333 g/mol. The third-order valence-electron chi connectivity index (χ3n) is 4.24. The molecule has 2 aliphatic rings. The van der Waals surface area contributed by atoms with E-state index in [1.165, 1.54) is 0 Å². The number of fused-ring (bicyclic) bond motifs is 1. The number of piperidine rings is 1. The van der Waals surface area contributed by atoms with Gasteiger partial charge in [-0.15, -0.1) is 0 Å². The minimum Gasteiger partial charge on any atom is -0.488 e. The number of hydrogen-bond donors (Lipinski definition) is 1. The molecule has 0 bridgehead atoms. The number of aliphatic hydroxyl groups excluding tert-OH is 1. The van der Waals surface area contributed by atoms with Crippen LogP contribution in [0, 0.1) is 5.92 Å². The lowest BCUT2D eigenvalue weighted by atomic mass is 9.99. The molecule has 3 rings (SSSR count). The summed E-state index contributed by atoms with van der Waals surface area (Å²) >= 11 is 6.00. The Kier molecular flexibility index (Phi) is 5.03. The van der Waals surface area contributed by atoms with Crippen LogP contribution in [0.25, 0.3) is 6.08 Å². The number of halogens is 1. The van der Waals surface area contributed by atoms with E-state index in [1.807, 2.05) is 18.2 Å². The van der Waals surface area contributed by atoms with E-state index in [9.17, 15) is 9.90 Å². The Balaban J connectivity index is 1.67. The van der Waals surface area contributed by atoms with Crippen LogP contribution >= 0.6 is 11.6 Å². The van der Waals surface area contributed by atoms with Crippen molar-refractivity contribution in [3.8, 4) is 5.75 Å². The lowest BCUT2D eigenvalue weighted by molar-refractivity contribution is -0.128. The Hall–Kier alpha value is -1.78. The lowest BCUT2D eigenvalue weighted by Crippen LogP contribution is -2.40. The quantitative estimate of drug-likeness (QED) is 0.865. The number of rotatable bonds is 3. The predicted molar refractivity (Wildman–Crippen MR) is 90.5 cm³/mol. The van der Waals surface area contributed by atoms with E-state index >= 15 is 0 Å². The first-order chi connectivity index (χ1) is 11.2. The fourth-order valence-electron chi connectivity index (χ4n) is 2.96. The van der Waals surface area contributed by atoms with Gasteiger partial charge in [0, 0.05) is 36.4 Å². The SMILES string of the molecule is O=C(/C=C/C1=Cc2cc(Cl)ccc2OC1)N1CCCC(CO)C1. The molecule has 122 valence electrons. The molecule has 5 heteroatoms. The van der Waals surface area contributed by atoms with Gasteiger partial charge in [-0.1, -0.05) is 17.7 Å². The minimum absolute atomic E-state index is 0.0130. The molecular weight excluding hydrogens is 314 g/mol. The van der Waals surface area contributed by atoms with Gasteiger partial charge >= 0.3 is 0 Å². The molecule has 0 aromatic heterocycles. The van der Waals surface area contributed by atoms with Gasteiger partial charge < -0.3 is 14.7 Å². The highest BCUT2D eigenvalue weighted by Crippen LogP contribution is 2.29. The second kappa shape index (κ2) is 7.20. The summed E-state index contributed by atoms with van der Waals surface area (Å²) in [4.78, 5) is 14.1. The van der Waals surface area contributed by atoms with E-state index in [2.05, 4.69) is 0 Å².